The molecule has 0 saturated carbocycles. The molecule has 1 amide bonds. The predicted molar refractivity (Wildman–Crippen MR) is 95.9 cm³/mol. The minimum atomic E-state index is -3.61. The number of nitrogens with zero attached hydrogens (tertiary/aromatic N) is 3. The van der Waals surface area contributed by atoms with Crippen LogP contribution in [0.5, 0.6) is 11.5 Å². The fraction of sp³-hybridized carbons (Fsp3) is 0.588. The van der Waals surface area contributed by atoms with Gasteiger partial charge in [-0.1, -0.05) is 0 Å². The van der Waals surface area contributed by atoms with Gasteiger partial charge in [0.05, 0.1) is 11.4 Å². The zero-order chi connectivity index (χ0) is 18.7. The number of sulfonamides is 1. The fourth-order valence-electron chi connectivity index (χ4n) is 3.01. The highest BCUT2D eigenvalue weighted by Crippen LogP contribution is 2.33. The third-order valence-corrected chi connectivity index (χ3v) is 6.45. The van der Waals surface area contributed by atoms with Crippen LogP contribution in [0, 0.1) is 0 Å². The summed E-state index contributed by atoms with van der Waals surface area (Å²) in [5.41, 5.74) is 0. The smallest absolute Gasteiger partial charge is 0.243 e. The zero-order valence-corrected chi connectivity index (χ0v) is 16.0. The summed E-state index contributed by atoms with van der Waals surface area (Å²) in [4.78, 5) is 15.6. The van der Waals surface area contributed by atoms with Gasteiger partial charge < -0.3 is 14.4 Å². The number of hydrogen-bond acceptors (Lipinski definition) is 6. The molecule has 1 saturated heterocycles. The van der Waals surface area contributed by atoms with Crippen LogP contribution in [0.4, 0.5) is 0 Å². The summed E-state index contributed by atoms with van der Waals surface area (Å²) in [6.07, 6.45) is 0.685. The van der Waals surface area contributed by atoms with E-state index in [1.54, 1.807) is 31.1 Å². The van der Waals surface area contributed by atoms with E-state index in [1.807, 2.05) is 4.90 Å². The van der Waals surface area contributed by atoms with Gasteiger partial charge in [0, 0.05) is 39.8 Å². The van der Waals surface area contributed by atoms with E-state index < -0.39 is 10.0 Å². The molecule has 1 aromatic carbocycles. The lowest BCUT2D eigenvalue weighted by molar-refractivity contribution is -0.129. The third kappa shape index (κ3) is 4.11. The van der Waals surface area contributed by atoms with Crippen LogP contribution in [-0.4, -0.2) is 88.5 Å². The summed E-state index contributed by atoms with van der Waals surface area (Å²) < 4.78 is 38.4. The average Bonchev–Trinajstić information content (AvgIpc) is 2.87. The summed E-state index contributed by atoms with van der Waals surface area (Å²) in [7, 11) is -0.169. The Morgan fingerprint density at radius 3 is 2.54 bits per heavy atom. The predicted octanol–water partition coefficient (Wildman–Crippen LogP) is 0.242. The second kappa shape index (κ2) is 7.81. The van der Waals surface area contributed by atoms with Gasteiger partial charge >= 0.3 is 0 Å². The molecule has 8 nitrogen and oxygen atoms in total. The Hall–Kier alpha value is -1.84. The molecule has 9 heteroatoms. The van der Waals surface area contributed by atoms with Gasteiger partial charge in [-0.25, -0.2) is 8.42 Å². The second-order valence-electron chi connectivity index (χ2n) is 6.63. The number of fused-ring (bicyclic) bond motifs is 1. The quantitative estimate of drug-likeness (QED) is 0.741. The summed E-state index contributed by atoms with van der Waals surface area (Å²) >= 11 is 0. The molecule has 1 fully saturated rings. The average molecular weight is 383 g/mol. The molecule has 2 aliphatic heterocycles. The first kappa shape index (κ1) is 18.9. The number of rotatable bonds is 4. The molecule has 0 N–H and O–H groups in total. The fourth-order valence-corrected chi connectivity index (χ4v) is 4.50. The number of benzene rings is 1. The topological polar surface area (TPSA) is 79.4 Å². The number of ether oxygens (including phenoxy) is 2. The van der Waals surface area contributed by atoms with Crippen LogP contribution in [0.1, 0.15) is 6.42 Å². The minimum absolute atomic E-state index is 0.0214. The standard InChI is InChI=1S/C17H25N3O5S/c1-18(2)17(21)13-19-6-3-7-20(9-8-19)26(22,23)14-4-5-15-16(12-14)25-11-10-24-15/h4-5,12H,3,6-11,13H2,1-2H3. The lowest BCUT2D eigenvalue weighted by Crippen LogP contribution is -2.39. The zero-order valence-electron chi connectivity index (χ0n) is 15.2. The van der Waals surface area contributed by atoms with Crippen molar-refractivity contribution in [2.24, 2.45) is 0 Å². The Labute approximate surface area is 154 Å². The maximum absolute atomic E-state index is 13.0. The molecule has 2 aliphatic rings. The van der Waals surface area contributed by atoms with Gasteiger partial charge in [0.1, 0.15) is 13.2 Å². The highest BCUT2D eigenvalue weighted by Gasteiger charge is 2.29. The highest BCUT2D eigenvalue weighted by molar-refractivity contribution is 7.89. The number of carbonyl (C=O) groups excluding carboxylic acids is 1. The van der Waals surface area contributed by atoms with Crippen LogP contribution in [-0.2, 0) is 14.8 Å². The van der Waals surface area contributed by atoms with Gasteiger partial charge in [-0.2, -0.15) is 4.31 Å². The van der Waals surface area contributed by atoms with Crippen LogP contribution < -0.4 is 9.47 Å². The maximum atomic E-state index is 13.0. The van der Waals surface area contributed by atoms with Crippen molar-refractivity contribution in [3.63, 3.8) is 0 Å². The molecule has 0 unspecified atom stereocenters. The van der Waals surface area contributed by atoms with E-state index in [0.29, 0.717) is 63.9 Å². The highest BCUT2D eigenvalue weighted by atomic mass is 32.2. The summed E-state index contributed by atoms with van der Waals surface area (Å²) in [6.45, 7) is 3.21. The first-order valence-electron chi connectivity index (χ1n) is 8.70. The SMILES string of the molecule is CN(C)C(=O)CN1CCCN(S(=O)(=O)c2ccc3c(c2)OCCO3)CC1. The van der Waals surface area contributed by atoms with Crippen LogP contribution in [0.3, 0.4) is 0 Å². The number of carbonyl (C=O) groups is 1. The molecule has 2 heterocycles. The first-order chi connectivity index (χ1) is 12.4. The molecule has 3 rings (SSSR count). The number of amides is 1. The van der Waals surface area contributed by atoms with Crippen molar-refractivity contribution in [1.82, 2.24) is 14.1 Å². The molecule has 0 aromatic heterocycles. The van der Waals surface area contributed by atoms with E-state index in [0.717, 1.165) is 0 Å². The normalized spacial score (nSPS) is 19.0. The molecule has 1 aromatic rings. The molecule has 144 valence electrons. The molecular weight excluding hydrogens is 358 g/mol. The molecule has 0 aliphatic carbocycles. The van der Waals surface area contributed by atoms with Crippen molar-refractivity contribution in [1.29, 1.82) is 0 Å². The van der Waals surface area contributed by atoms with E-state index in [1.165, 1.54) is 10.4 Å². The largest absolute Gasteiger partial charge is 0.486 e. The maximum Gasteiger partial charge on any atom is 0.243 e. The third-order valence-electron chi connectivity index (χ3n) is 4.56. The molecule has 0 atom stereocenters. The minimum Gasteiger partial charge on any atom is -0.486 e. The molecule has 0 bridgehead atoms. The van der Waals surface area contributed by atoms with Gasteiger partial charge in [0.15, 0.2) is 11.5 Å². The van der Waals surface area contributed by atoms with Gasteiger partial charge in [0.25, 0.3) is 0 Å². The van der Waals surface area contributed by atoms with Crippen molar-refractivity contribution in [2.45, 2.75) is 11.3 Å². The van der Waals surface area contributed by atoms with Crippen LogP contribution in [0.2, 0.25) is 0 Å². The first-order valence-corrected chi connectivity index (χ1v) is 10.1. The van der Waals surface area contributed by atoms with Crippen LogP contribution in [0.25, 0.3) is 0 Å². The number of hydrogen-bond donors (Lipinski definition) is 0. The van der Waals surface area contributed by atoms with Gasteiger partial charge in [-0.3, -0.25) is 9.69 Å². The molecule has 0 radical (unpaired) electrons. The van der Waals surface area contributed by atoms with Gasteiger partial charge in [-0.05, 0) is 25.1 Å². The van der Waals surface area contributed by atoms with E-state index in [2.05, 4.69) is 0 Å². The van der Waals surface area contributed by atoms with Crippen LogP contribution in [0.15, 0.2) is 23.1 Å². The Bertz CT molecular complexity index is 766. The lowest BCUT2D eigenvalue weighted by atomic mass is 10.3. The summed E-state index contributed by atoms with van der Waals surface area (Å²) in [5, 5.41) is 0. The van der Waals surface area contributed by atoms with E-state index in [9.17, 15) is 13.2 Å². The van der Waals surface area contributed by atoms with Crippen molar-refractivity contribution >= 4 is 15.9 Å². The van der Waals surface area contributed by atoms with Gasteiger partial charge in [0.2, 0.25) is 15.9 Å². The molecule has 26 heavy (non-hydrogen) atoms. The van der Waals surface area contributed by atoms with E-state index in [-0.39, 0.29) is 10.8 Å². The summed E-state index contributed by atoms with van der Waals surface area (Å²) in [6, 6.07) is 4.73. The van der Waals surface area contributed by atoms with E-state index >= 15 is 0 Å². The van der Waals surface area contributed by atoms with Crippen molar-refractivity contribution < 1.29 is 22.7 Å². The second-order valence-corrected chi connectivity index (χ2v) is 8.57. The summed E-state index contributed by atoms with van der Waals surface area (Å²) in [5.74, 6) is 1.05. The van der Waals surface area contributed by atoms with Crippen molar-refractivity contribution in [3.05, 3.63) is 18.2 Å². The Balaban J connectivity index is 1.71. The monoisotopic (exact) mass is 383 g/mol. The Kier molecular flexibility index (Phi) is 5.69. The molecular formula is C17H25N3O5S. The molecule has 0 spiro atoms. The number of likely N-dealkylation sites (N-methyl/N-ethyl adjacent to an activating group) is 1. The van der Waals surface area contributed by atoms with Gasteiger partial charge in [-0.15, -0.1) is 0 Å². The van der Waals surface area contributed by atoms with Crippen molar-refractivity contribution in [2.75, 3.05) is 60.0 Å². The Morgan fingerprint density at radius 2 is 1.81 bits per heavy atom. The lowest BCUT2D eigenvalue weighted by Gasteiger charge is -2.23. The van der Waals surface area contributed by atoms with E-state index in [4.69, 9.17) is 9.47 Å². The Morgan fingerprint density at radius 1 is 1.08 bits per heavy atom. The van der Waals surface area contributed by atoms with Crippen LogP contribution >= 0.6 is 0 Å². The van der Waals surface area contributed by atoms with Crippen molar-refractivity contribution in [3.8, 4) is 11.5 Å².